The summed E-state index contributed by atoms with van der Waals surface area (Å²) in [5.41, 5.74) is -0.444. The fourth-order valence-corrected chi connectivity index (χ4v) is 2.98. The molecule has 0 fully saturated rings. The number of halogens is 2. The lowest BCUT2D eigenvalue weighted by atomic mass is 10.2. The quantitative estimate of drug-likeness (QED) is 0.565. The maximum Gasteiger partial charge on any atom is 0.279 e. The predicted octanol–water partition coefficient (Wildman–Crippen LogP) is 2.95. The summed E-state index contributed by atoms with van der Waals surface area (Å²) >= 11 is 5.97. The highest BCUT2D eigenvalue weighted by Gasteiger charge is 2.17. The second-order valence-corrected chi connectivity index (χ2v) is 6.11. The molecular formula is C18H13Cl2N3O4. The van der Waals surface area contributed by atoms with Crippen LogP contribution < -0.4 is 11.0 Å². The van der Waals surface area contributed by atoms with E-state index in [0.717, 1.165) is 5.56 Å². The van der Waals surface area contributed by atoms with Crippen molar-refractivity contribution in [3.8, 4) is 17.2 Å². The summed E-state index contributed by atoms with van der Waals surface area (Å²) in [6, 6.07) is 7.11. The summed E-state index contributed by atoms with van der Waals surface area (Å²) < 4.78 is 7.89. The molecule has 0 saturated heterocycles. The normalized spacial score (nSPS) is 10.7. The highest BCUT2D eigenvalue weighted by atomic mass is 35.5. The van der Waals surface area contributed by atoms with Crippen LogP contribution in [0.15, 0.2) is 69.3 Å². The first-order chi connectivity index (χ1) is 12.5. The molecule has 9 heteroatoms. The van der Waals surface area contributed by atoms with E-state index in [2.05, 4.69) is 4.98 Å². The van der Waals surface area contributed by atoms with Crippen molar-refractivity contribution in [1.29, 1.82) is 0 Å². The smallest absolute Gasteiger partial charge is 0.279 e. The Morgan fingerprint density at radius 2 is 2.04 bits per heavy atom. The van der Waals surface area contributed by atoms with Gasteiger partial charge < -0.3 is 18.5 Å². The number of aromatic nitrogens is 3. The van der Waals surface area contributed by atoms with Crippen molar-refractivity contribution in [3.63, 3.8) is 0 Å². The van der Waals surface area contributed by atoms with E-state index in [1.165, 1.54) is 27.6 Å². The minimum atomic E-state index is -0.718. The fraction of sp³-hybridized carbons (Fsp3) is 0.0556. The third kappa shape index (κ3) is 3.34. The molecule has 0 bridgehead atoms. The Balaban J connectivity index is 0.00000210. The molecule has 1 N–H and O–H groups in total. The number of hydrogen-bond acceptors (Lipinski definition) is 5. The molecule has 0 radical (unpaired) electrons. The Kier molecular flexibility index (Phi) is 5.07. The van der Waals surface area contributed by atoms with Gasteiger partial charge in [-0.2, -0.15) is 0 Å². The first-order valence-electron chi connectivity index (χ1n) is 7.66. The van der Waals surface area contributed by atoms with Crippen molar-refractivity contribution in [2.24, 2.45) is 0 Å². The van der Waals surface area contributed by atoms with E-state index in [1.807, 2.05) is 6.07 Å². The van der Waals surface area contributed by atoms with Crippen molar-refractivity contribution in [2.45, 2.75) is 6.54 Å². The van der Waals surface area contributed by atoms with Crippen LogP contribution in [0.3, 0.4) is 0 Å². The standard InChI is InChI=1S/C18H12ClN3O4.ClH/c19-12-3-1-2-11(8-12)9-22-6-5-21-10-13(17-20-4-7-26-17)15(23)16(24)14(21)18(22)25;/h1-8,10,24H,9H2;1H. The molecule has 0 aliphatic rings. The largest absolute Gasteiger partial charge is 0.503 e. The minimum Gasteiger partial charge on any atom is -0.503 e. The van der Waals surface area contributed by atoms with Gasteiger partial charge in [0.1, 0.15) is 11.8 Å². The molecule has 3 heterocycles. The Bertz CT molecular complexity index is 1230. The Morgan fingerprint density at radius 3 is 2.74 bits per heavy atom. The van der Waals surface area contributed by atoms with Crippen molar-refractivity contribution in [1.82, 2.24) is 14.0 Å². The van der Waals surface area contributed by atoms with Crippen LogP contribution in [-0.2, 0) is 6.54 Å². The molecule has 0 amide bonds. The zero-order valence-corrected chi connectivity index (χ0v) is 15.3. The van der Waals surface area contributed by atoms with Gasteiger partial charge in [-0.15, -0.1) is 12.4 Å². The summed E-state index contributed by atoms with van der Waals surface area (Å²) in [7, 11) is 0. The minimum absolute atomic E-state index is 0. The fourth-order valence-electron chi connectivity index (χ4n) is 2.77. The summed E-state index contributed by atoms with van der Waals surface area (Å²) in [6.07, 6.45) is 7.27. The topological polar surface area (TPSA) is 89.7 Å². The molecular weight excluding hydrogens is 393 g/mol. The molecule has 0 spiro atoms. The number of fused-ring (bicyclic) bond motifs is 1. The number of aromatic hydroxyl groups is 1. The van der Waals surface area contributed by atoms with Crippen molar-refractivity contribution in [2.75, 3.05) is 0 Å². The number of oxazole rings is 1. The Morgan fingerprint density at radius 1 is 1.22 bits per heavy atom. The summed E-state index contributed by atoms with van der Waals surface area (Å²) in [5.74, 6) is -0.575. The lowest BCUT2D eigenvalue weighted by Crippen LogP contribution is -2.24. The van der Waals surface area contributed by atoms with Crippen LogP contribution in [0, 0.1) is 0 Å². The van der Waals surface area contributed by atoms with Crippen LogP contribution in [0.25, 0.3) is 17.0 Å². The predicted molar refractivity (Wildman–Crippen MR) is 103 cm³/mol. The SMILES string of the molecule is Cl.O=c1c(-c2ncco2)cn2ccn(Cc3cccc(Cl)c3)c(=O)c2c1O. The number of rotatable bonds is 3. The van der Waals surface area contributed by atoms with Gasteiger partial charge in [-0.1, -0.05) is 23.7 Å². The first-order valence-corrected chi connectivity index (χ1v) is 8.04. The van der Waals surface area contributed by atoms with Gasteiger partial charge >= 0.3 is 0 Å². The monoisotopic (exact) mass is 405 g/mol. The molecule has 0 unspecified atom stereocenters. The van der Waals surface area contributed by atoms with Crippen LogP contribution in [0.4, 0.5) is 0 Å². The van der Waals surface area contributed by atoms with Crippen LogP contribution in [0.5, 0.6) is 5.75 Å². The first kappa shape index (κ1) is 18.8. The lowest BCUT2D eigenvalue weighted by molar-refractivity contribution is 0.471. The molecule has 1 aromatic carbocycles. The maximum atomic E-state index is 12.8. The van der Waals surface area contributed by atoms with E-state index in [1.54, 1.807) is 30.6 Å². The molecule has 0 saturated carbocycles. The van der Waals surface area contributed by atoms with E-state index < -0.39 is 16.7 Å². The van der Waals surface area contributed by atoms with Crippen molar-refractivity contribution >= 4 is 29.5 Å². The van der Waals surface area contributed by atoms with Crippen LogP contribution >= 0.6 is 24.0 Å². The number of benzene rings is 1. The van der Waals surface area contributed by atoms with Gasteiger partial charge in [0.25, 0.3) is 5.56 Å². The second kappa shape index (κ2) is 7.30. The summed E-state index contributed by atoms with van der Waals surface area (Å²) in [6.45, 7) is 0.255. The average Bonchev–Trinajstić information content (AvgIpc) is 3.14. The molecule has 0 aliphatic heterocycles. The molecule has 3 aromatic heterocycles. The highest BCUT2D eigenvalue weighted by molar-refractivity contribution is 6.30. The second-order valence-electron chi connectivity index (χ2n) is 5.67. The summed E-state index contributed by atoms with van der Waals surface area (Å²) in [4.78, 5) is 29.1. The lowest BCUT2D eigenvalue weighted by Gasteiger charge is -2.10. The number of pyridine rings is 1. The molecule has 7 nitrogen and oxygen atoms in total. The maximum absolute atomic E-state index is 12.8. The Labute approximate surface area is 163 Å². The summed E-state index contributed by atoms with van der Waals surface area (Å²) in [5, 5.41) is 10.9. The number of hydrogen-bond donors (Lipinski definition) is 1. The van der Waals surface area contributed by atoms with Gasteiger partial charge in [0.15, 0.2) is 11.3 Å². The highest BCUT2D eigenvalue weighted by Crippen LogP contribution is 2.19. The van der Waals surface area contributed by atoms with Gasteiger partial charge in [-0.3, -0.25) is 9.59 Å². The third-order valence-electron chi connectivity index (χ3n) is 3.99. The van der Waals surface area contributed by atoms with Crippen LogP contribution in [-0.4, -0.2) is 19.1 Å². The molecule has 0 atom stereocenters. The van der Waals surface area contributed by atoms with E-state index in [0.29, 0.717) is 5.02 Å². The third-order valence-corrected chi connectivity index (χ3v) is 4.22. The molecule has 138 valence electrons. The average molecular weight is 406 g/mol. The molecule has 4 aromatic rings. The van der Waals surface area contributed by atoms with Gasteiger partial charge in [0.05, 0.1) is 12.7 Å². The van der Waals surface area contributed by atoms with Crippen LogP contribution in [0.1, 0.15) is 5.56 Å². The van der Waals surface area contributed by atoms with Gasteiger partial charge in [0, 0.05) is 23.6 Å². The van der Waals surface area contributed by atoms with E-state index in [4.69, 9.17) is 16.0 Å². The van der Waals surface area contributed by atoms with Gasteiger partial charge in [0.2, 0.25) is 11.3 Å². The zero-order valence-electron chi connectivity index (χ0n) is 13.7. The van der Waals surface area contributed by atoms with Gasteiger partial charge in [-0.25, -0.2) is 4.98 Å². The van der Waals surface area contributed by atoms with E-state index in [-0.39, 0.29) is 35.9 Å². The molecule has 27 heavy (non-hydrogen) atoms. The zero-order chi connectivity index (χ0) is 18.3. The van der Waals surface area contributed by atoms with E-state index in [9.17, 15) is 14.7 Å². The molecule has 4 rings (SSSR count). The Hall–Kier alpha value is -3.03. The van der Waals surface area contributed by atoms with Crippen molar-refractivity contribution < 1.29 is 9.52 Å². The number of nitrogens with zero attached hydrogens (tertiary/aromatic N) is 3. The van der Waals surface area contributed by atoms with Crippen LogP contribution in [0.2, 0.25) is 5.02 Å². The van der Waals surface area contributed by atoms with Gasteiger partial charge in [-0.05, 0) is 17.7 Å². The van der Waals surface area contributed by atoms with E-state index >= 15 is 0 Å². The van der Waals surface area contributed by atoms with Crippen molar-refractivity contribution in [3.05, 3.63) is 86.5 Å². The molecule has 0 aliphatic carbocycles.